The van der Waals surface area contributed by atoms with Crippen LogP contribution in [0.3, 0.4) is 0 Å². The van der Waals surface area contributed by atoms with Gasteiger partial charge in [0.25, 0.3) is 11.8 Å². The van der Waals surface area contributed by atoms with Crippen LogP contribution in [0.4, 0.5) is 21.6 Å². The van der Waals surface area contributed by atoms with Crippen molar-refractivity contribution in [3.63, 3.8) is 0 Å². The molecule has 0 bridgehead atoms. The van der Waals surface area contributed by atoms with E-state index in [4.69, 9.17) is 32.4 Å². The molecule has 0 unspecified atom stereocenters. The first kappa shape index (κ1) is 35.7. The van der Waals surface area contributed by atoms with Gasteiger partial charge in [0.2, 0.25) is 0 Å². The molecule has 5 aromatic rings. The van der Waals surface area contributed by atoms with Gasteiger partial charge in [0.05, 0.1) is 27.0 Å². The second kappa shape index (κ2) is 14.5. The van der Waals surface area contributed by atoms with Crippen LogP contribution in [0, 0.1) is 18.2 Å². The van der Waals surface area contributed by atoms with Gasteiger partial charge in [-0.05, 0) is 98.0 Å². The highest BCUT2D eigenvalue weighted by Crippen LogP contribution is 2.43. The Labute approximate surface area is 321 Å². The van der Waals surface area contributed by atoms with E-state index in [0.29, 0.717) is 45.9 Å². The van der Waals surface area contributed by atoms with E-state index in [1.54, 1.807) is 60.8 Å². The number of pyridine rings is 1. The average Bonchev–Trinajstić information content (AvgIpc) is 3.53. The van der Waals surface area contributed by atoms with E-state index in [9.17, 15) is 18.8 Å². The molecule has 5 heterocycles. The predicted octanol–water partition coefficient (Wildman–Crippen LogP) is 9.06. The number of hydrogen-bond donors (Lipinski definition) is 1. The molecule has 3 aromatic carbocycles. The van der Waals surface area contributed by atoms with E-state index in [1.807, 2.05) is 13.0 Å². The van der Waals surface area contributed by atoms with E-state index < -0.39 is 11.7 Å². The van der Waals surface area contributed by atoms with Crippen LogP contribution in [-0.4, -0.2) is 55.4 Å². The largest absolute Gasteiger partial charge is 0.451 e. The summed E-state index contributed by atoms with van der Waals surface area (Å²) in [5, 5.41) is 3.25. The average molecular weight is 766 g/mol. The summed E-state index contributed by atoms with van der Waals surface area (Å²) in [5.41, 5.74) is 4.54. The normalized spacial score (nSPS) is 16.1. The number of anilines is 3. The van der Waals surface area contributed by atoms with Gasteiger partial charge in [-0.3, -0.25) is 14.4 Å². The highest BCUT2D eigenvalue weighted by molar-refractivity contribution is 6.40. The van der Waals surface area contributed by atoms with E-state index in [-0.39, 0.29) is 45.1 Å². The van der Waals surface area contributed by atoms with Crippen molar-refractivity contribution >= 4 is 64.1 Å². The van der Waals surface area contributed by atoms with Crippen LogP contribution in [0.5, 0.6) is 0 Å². The molecule has 0 aliphatic carbocycles. The van der Waals surface area contributed by atoms with Gasteiger partial charge in [0.15, 0.2) is 11.5 Å². The number of carbonyl (C=O) groups is 3. The summed E-state index contributed by atoms with van der Waals surface area (Å²) >= 11 is 12.5. The van der Waals surface area contributed by atoms with Crippen molar-refractivity contribution in [2.24, 2.45) is 5.41 Å². The van der Waals surface area contributed by atoms with Crippen molar-refractivity contribution in [1.29, 1.82) is 0 Å². The molecule has 2 saturated heterocycles. The smallest absolute Gasteiger partial charge is 0.291 e. The first-order valence-corrected chi connectivity index (χ1v) is 18.4. The molecule has 0 atom stereocenters. The molecule has 1 spiro atoms. The fourth-order valence-electron chi connectivity index (χ4n) is 7.41. The molecular weight excluding hydrogens is 730 g/mol. The molecular formula is C42H35Cl2FN4O5. The molecule has 0 radical (unpaired) electrons. The summed E-state index contributed by atoms with van der Waals surface area (Å²) < 4.78 is 26.3. The lowest BCUT2D eigenvalue weighted by molar-refractivity contribution is -0.000508. The number of rotatable bonds is 7. The van der Waals surface area contributed by atoms with Crippen LogP contribution in [0.25, 0.3) is 17.4 Å². The number of aryl methyl sites for hydroxylation is 1. The van der Waals surface area contributed by atoms with Crippen molar-refractivity contribution in [3.05, 3.63) is 135 Å². The quantitative estimate of drug-likeness (QED) is 0.130. The van der Waals surface area contributed by atoms with Crippen LogP contribution in [0.1, 0.15) is 60.8 Å². The first-order chi connectivity index (χ1) is 26.1. The Hall–Kier alpha value is -5.29. The molecule has 3 aliphatic heterocycles. The Morgan fingerprint density at radius 3 is 2.44 bits per heavy atom. The number of para-hydroxylation sites is 1. The molecule has 8 rings (SSSR count). The van der Waals surface area contributed by atoms with Crippen molar-refractivity contribution in [1.82, 2.24) is 4.98 Å². The minimum atomic E-state index is -0.555. The zero-order chi connectivity index (χ0) is 37.6. The maximum Gasteiger partial charge on any atom is 0.291 e. The van der Waals surface area contributed by atoms with Gasteiger partial charge in [0.1, 0.15) is 17.4 Å². The molecule has 2 aromatic heterocycles. The molecule has 54 heavy (non-hydrogen) atoms. The van der Waals surface area contributed by atoms with E-state index in [0.717, 1.165) is 50.3 Å². The molecule has 0 saturated carbocycles. The molecule has 2 amide bonds. The maximum atomic E-state index is 14.7. The van der Waals surface area contributed by atoms with Gasteiger partial charge >= 0.3 is 0 Å². The van der Waals surface area contributed by atoms with E-state index in [2.05, 4.69) is 15.2 Å². The number of benzene rings is 3. The first-order valence-electron chi connectivity index (χ1n) is 17.7. The van der Waals surface area contributed by atoms with Crippen molar-refractivity contribution in [2.75, 3.05) is 48.0 Å². The second-order valence-electron chi connectivity index (χ2n) is 14.1. The Bertz CT molecular complexity index is 2310. The number of furan rings is 1. The molecule has 2 fully saturated rings. The number of aromatic nitrogens is 1. The standard InChI is InChI=1S/C42H35Cl2FN4O5/c1-25-19-31(39(46-22-25)48-23-42(24-48)14-17-53-18-15-42)35(50)12-7-26-5-8-27(9-6-26)41(52)49-16-13-28-20-36(40(51)47-37-32(43)3-2-4-33(37)44)54-38(28)30-11-10-29(45)21-34(30)49/h2-12,19-22H,13-18,23-24H2,1H3,(H,47,51)/b12-7+. The molecule has 12 heteroatoms. The van der Waals surface area contributed by atoms with Gasteiger partial charge in [0, 0.05) is 61.2 Å². The fourth-order valence-corrected chi connectivity index (χ4v) is 7.91. The highest BCUT2D eigenvalue weighted by atomic mass is 35.5. The predicted molar refractivity (Wildman–Crippen MR) is 207 cm³/mol. The summed E-state index contributed by atoms with van der Waals surface area (Å²) in [4.78, 5) is 49.0. The van der Waals surface area contributed by atoms with Gasteiger partial charge in [-0.2, -0.15) is 0 Å². The summed E-state index contributed by atoms with van der Waals surface area (Å²) in [6.07, 6.45) is 7.43. The minimum Gasteiger partial charge on any atom is -0.451 e. The Balaban J connectivity index is 0.983. The summed E-state index contributed by atoms with van der Waals surface area (Å²) in [5.74, 6) is -0.481. The summed E-state index contributed by atoms with van der Waals surface area (Å²) in [6, 6.07) is 19.4. The molecule has 1 N–H and O–H groups in total. The van der Waals surface area contributed by atoms with Crippen LogP contribution >= 0.6 is 23.2 Å². The van der Waals surface area contributed by atoms with E-state index in [1.165, 1.54) is 29.2 Å². The number of hydrogen-bond acceptors (Lipinski definition) is 7. The van der Waals surface area contributed by atoms with Crippen molar-refractivity contribution in [3.8, 4) is 11.3 Å². The second-order valence-corrected chi connectivity index (χ2v) is 14.9. The van der Waals surface area contributed by atoms with Crippen molar-refractivity contribution < 1.29 is 27.9 Å². The van der Waals surface area contributed by atoms with Crippen LogP contribution in [-0.2, 0) is 11.2 Å². The number of nitrogens with zero attached hydrogens (tertiary/aromatic N) is 3. The van der Waals surface area contributed by atoms with Crippen molar-refractivity contribution in [2.45, 2.75) is 26.2 Å². The summed E-state index contributed by atoms with van der Waals surface area (Å²) in [6.45, 7) is 5.39. The van der Waals surface area contributed by atoms with Crippen LogP contribution in [0.2, 0.25) is 10.0 Å². The number of fused-ring (bicyclic) bond motifs is 3. The maximum absolute atomic E-state index is 14.7. The molecule has 274 valence electrons. The fraction of sp³-hybridized carbons (Fsp3) is 0.238. The number of carbonyl (C=O) groups excluding carboxylic acids is 3. The lowest BCUT2D eigenvalue weighted by Gasteiger charge is -2.53. The minimum absolute atomic E-state index is 0.0203. The Morgan fingerprint density at radius 2 is 1.70 bits per heavy atom. The highest BCUT2D eigenvalue weighted by Gasteiger charge is 2.45. The number of ether oxygens (including phenoxy) is 1. The molecule has 3 aliphatic rings. The summed E-state index contributed by atoms with van der Waals surface area (Å²) in [7, 11) is 0. The van der Waals surface area contributed by atoms with Gasteiger partial charge in [-0.1, -0.05) is 47.5 Å². The topological polar surface area (TPSA) is 105 Å². The number of allylic oxidation sites excluding steroid dienone is 1. The Morgan fingerprint density at radius 1 is 0.963 bits per heavy atom. The van der Waals surface area contributed by atoms with Crippen LogP contribution in [0.15, 0.2) is 89.5 Å². The van der Waals surface area contributed by atoms with Gasteiger partial charge < -0.3 is 24.3 Å². The SMILES string of the molecule is Cc1cnc(N2CC3(CCOCC3)C2)c(C(=O)/C=C/c2ccc(C(=O)N3CCc4cc(C(=O)Nc5c(Cl)cccc5Cl)oc4-c4ccc(F)cc43)cc2)c1. The third-order valence-electron chi connectivity index (χ3n) is 10.3. The number of halogens is 3. The number of nitrogens with one attached hydrogen (secondary N) is 1. The number of ketones is 1. The molecule has 9 nitrogen and oxygen atoms in total. The third kappa shape index (κ3) is 6.93. The zero-order valence-corrected chi connectivity index (χ0v) is 30.8. The van der Waals surface area contributed by atoms with Gasteiger partial charge in [-0.15, -0.1) is 0 Å². The lowest BCUT2D eigenvalue weighted by atomic mass is 9.73. The third-order valence-corrected chi connectivity index (χ3v) is 11.0. The number of amides is 2. The lowest BCUT2D eigenvalue weighted by Crippen LogP contribution is -2.59. The van der Waals surface area contributed by atoms with Crippen LogP contribution < -0.4 is 15.1 Å². The van der Waals surface area contributed by atoms with Gasteiger partial charge in [-0.25, -0.2) is 9.37 Å². The Kier molecular flexibility index (Phi) is 9.60. The van der Waals surface area contributed by atoms with E-state index >= 15 is 0 Å². The zero-order valence-electron chi connectivity index (χ0n) is 29.3. The monoisotopic (exact) mass is 764 g/mol.